The van der Waals surface area contributed by atoms with Crippen LogP contribution in [0.3, 0.4) is 0 Å². The smallest absolute Gasteiger partial charge is 0.257 e. The van der Waals surface area contributed by atoms with Crippen molar-refractivity contribution in [3.05, 3.63) is 59.7 Å². The third-order valence-corrected chi connectivity index (χ3v) is 4.49. The molecule has 0 aliphatic rings. The number of hydrogen-bond acceptors (Lipinski definition) is 5. The number of carbonyl (C=O) groups excluding carboxylic acids is 2. The molecule has 0 unspecified atom stereocenters. The molecular formula is C23H29N3O4S. The van der Waals surface area contributed by atoms with Crippen LogP contribution in [-0.4, -0.2) is 43.8 Å². The Morgan fingerprint density at radius 1 is 0.968 bits per heavy atom. The maximum atomic E-state index is 12.5. The summed E-state index contributed by atoms with van der Waals surface area (Å²) in [4.78, 5) is 24.7. The van der Waals surface area contributed by atoms with E-state index in [0.717, 1.165) is 19.3 Å². The molecule has 0 atom stereocenters. The van der Waals surface area contributed by atoms with E-state index in [1.165, 1.54) is 0 Å². The van der Waals surface area contributed by atoms with Crippen LogP contribution in [0.1, 0.15) is 46.9 Å². The number of anilines is 1. The van der Waals surface area contributed by atoms with E-state index in [1.54, 1.807) is 49.6 Å². The lowest BCUT2D eigenvalue weighted by Crippen LogP contribution is -2.34. The van der Waals surface area contributed by atoms with Crippen LogP contribution in [0.25, 0.3) is 0 Å². The lowest BCUT2D eigenvalue weighted by molar-refractivity contribution is 0.0946. The van der Waals surface area contributed by atoms with Crippen molar-refractivity contribution in [2.75, 3.05) is 32.2 Å². The van der Waals surface area contributed by atoms with E-state index in [9.17, 15) is 9.59 Å². The molecule has 0 aromatic heterocycles. The lowest BCUT2D eigenvalue weighted by Gasteiger charge is -2.12. The van der Waals surface area contributed by atoms with Gasteiger partial charge in [-0.1, -0.05) is 25.5 Å². The summed E-state index contributed by atoms with van der Waals surface area (Å²) in [5.74, 6) is 0.115. The molecule has 0 saturated heterocycles. The highest BCUT2D eigenvalue weighted by Gasteiger charge is 2.11. The SMILES string of the molecule is CCCCOc1cccc(C(=O)NC(=S)Nc2cccc(C(=O)NCCCOC)c2)c1. The molecule has 0 aliphatic carbocycles. The molecule has 0 saturated carbocycles. The highest BCUT2D eigenvalue weighted by Crippen LogP contribution is 2.14. The van der Waals surface area contributed by atoms with Crippen LogP contribution in [0.4, 0.5) is 5.69 Å². The molecule has 2 aromatic rings. The van der Waals surface area contributed by atoms with E-state index in [0.29, 0.717) is 42.3 Å². The zero-order chi connectivity index (χ0) is 22.5. The van der Waals surface area contributed by atoms with E-state index >= 15 is 0 Å². The number of hydrogen-bond donors (Lipinski definition) is 3. The van der Waals surface area contributed by atoms with Gasteiger partial charge >= 0.3 is 0 Å². The summed E-state index contributed by atoms with van der Waals surface area (Å²) in [7, 11) is 1.62. The first-order valence-corrected chi connectivity index (χ1v) is 10.7. The van der Waals surface area contributed by atoms with Crippen molar-refractivity contribution in [2.45, 2.75) is 26.2 Å². The number of unbranched alkanes of at least 4 members (excludes halogenated alkanes) is 1. The third-order valence-electron chi connectivity index (χ3n) is 4.28. The van der Waals surface area contributed by atoms with Gasteiger partial charge in [0.2, 0.25) is 0 Å². The maximum absolute atomic E-state index is 12.5. The van der Waals surface area contributed by atoms with Gasteiger partial charge < -0.3 is 20.1 Å². The van der Waals surface area contributed by atoms with Gasteiger partial charge in [0.25, 0.3) is 11.8 Å². The van der Waals surface area contributed by atoms with Crippen molar-refractivity contribution < 1.29 is 19.1 Å². The average Bonchev–Trinajstić information content (AvgIpc) is 2.77. The Morgan fingerprint density at radius 2 is 1.71 bits per heavy atom. The first-order chi connectivity index (χ1) is 15.0. The quantitative estimate of drug-likeness (QED) is 0.362. The Hall–Kier alpha value is -2.97. The summed E-state index contributed by atoms with van der Waals surface area (Å²) in [5.41, 5.74) is 1.54. The Morgan fingerprint density at radius 3 is 2.45 bits per heavy atom. The van der Waals surface area contributed by atoms with E-state index < -0.39 is 0 Å². The highest BCUT2D eigenvalue weighted by atomic mass is 32.1. The molecule has 2 amide bonds. The molecular weight excluding hydrogens is 414 g/mol. The minimum Gasteiger partial charge on any atom is -0.494 e. The fourth-order valence-electron chi connectivity index (χ4n) is 2.66. The van der Waals surface area contributed by atoms with Crippen molar-refractivity contribution >= 4 is 34.8 Å². The highest BCUT2D eigenvalue weighted by molar-refractivity contribution is 7.80. The summed E-state index contributed by atoms with van der Waals surface area (Å²) in [6.45, 7) is 3.81. The van der Waals surface area contributed by atoms with Gasteiger partial charge in [0.15, 0.2) is 5.11 Å². The van der Waals surface area contributed by atoms with Crippen molar-refractivity contribution in [2.24, 2.45) is 0 Å². The summed E-state index contributed by atoms with van der Waals surface area (Å²) in [6, 6.07) is 13.8. The number of thiocarbonyl (C=S) groups is 1. The number of rotatable bonds is 11. The Balaban J connectivity index is 1.90. The number of amides is 2. The largest absolute Gasteiger partial charge is 0.494 e. The van der Waals surface area contributed by atoms with E-state index in [4.69, 9.17) is 21.7 Å². The molecule has 31 heavy (non-hydrogen) atoms. The number of benzene rings is 2. The molecule has 7 nitrogen and oxygen atoms in total. The first-order valence-electron chi connectivity index (χ1n) is 10.3. The topological polar surface area (TPSA) is 88.7 Å². The fourth-order valence-corrected chi connectivity index (χ4v) is 2.87. The molecule has 0 bridgehead atoms. The predicted octanol–water partition coefficient (Wildman–Crippen LogP) is 3.76. The molecule has 0 spiro atoms. The van der Waals surface area contributed by atoms with Crippen molar-refractivity contribution in [1.82, 2.24) is 10.6 Å². The molecule has 166 valence electrons. The van der Waals surface area contributed by atoms with Crippen LogP contribution in [0.5, 0.6) is 5.75 Å². The number of carbonyl (C=O) groups is 2. The standard InChI is InChI=1S/C23H29N3O4S/c1-3-4-14-30-20-11-6-9-18(16-20)22(28)26-23(31)25-19-10-5-8-17(15-19)21(27)24-12-7-13-29-2/h5-6,8-11,15-16H,3-4,7,12-14H2,1-2H3,(H,24,27)(H2,25,26,28,31). The average molecular weight is 444 g/mol. The fraction of sp³-hybridized carbons (Fsp3) is 0.348. The summed E-state index contributed by atoms with van der Waals surface area (Å²) in [5, 5.41) is 8.56. The van der Waals surface area contributed by atoms with Gasteiger partial charge in [-0.25, -0.2) is 0 Å². The first kappa shape index (κ1) is 24.3. The summed E-state index contributed by atoms with van der Waals surface area (Å²) < 4.78 is 10.6. The normalized spacial score (nSPS) is 10.3. The second kappa shape index (κ2) is 13.4. The zero-order valence-corrected chi connectivity index (χ0v) is 18.7. The van der Waals surface area contributed by atoms with Crippen molar-refractivity contribution in [3.8, 4) is 5.75 Å². The van der Waals surface area contributed by atoms with Crippen LogP contribution in [-0.2, 0) is 4.74 Å². The van der Waals surface area contributed by atoms with Crippen LogP contribution < -0.4 is 20.7 Å². The Bertz CT molecular complexity index is 889. The maximum Gasteiger partial charge on any atom is 0.257 e. The van der Waals surface area contributed by atoms with E-state index in [1.807, 2.05) is 6.07 Å². The van der Waals surface area contributed by atoms with Gasteiger partial charge in [0, 0.05) is 37.1 Å². The van der Waals surface area contributed by atoms with Crippen molar-refractivity contribution in [3.63, 3.8) is 0 Å². The van der Waals surface area contributed by atoms with Gasteiger partial charge in [-0.3, -0.25) is 14.9 Å². The van der Waals surface area contributed by atoms with Gasteiger partial charge in [0.1, 0.15) is 5.75 Å². The second-order valence-electron chi connectivity index (χ2n) is 6.82. The summed E-state index contributed by atoms with van der Waals surface area (Å²) in [6.07, 6.45) is 2.73. The number of methoxy groups -OCH3 is 1. The van der Waals surface area contributed by atoms with Crippen molar-refractivity contribution in [1.29, 1.82) is 0 Å². The second-order valence-corrected chi connectivity index (χ2v) is 7.23. The van der Waals surface area contributed by atoms with Crippen LogP contribution in [0.2, 0.25) is 0 Å². The number of nitrogens with one attached hydrogen (secondary N) is 3. The van der Waals surface area contributed by atoms with E-state index in [-0.39, 0.29) is 16.9 Å². The third kappa shape index (κ3) is 8.74. The molecule has 0 aliphatic heterocycles. The van der Waals surface area contributed by atoms with E-state index in [2.05, 4.69) is 22.9 Å². The van der Waals surface area contributed by atoms with Crippen LogP contribution >= 0.6 is 12.2 Å². The summed E-state index contributed by atoms with van der Waals surface area (Å²) >= 11 is 5.25. The molecule has 2 aromatic carbocycles. The monoisotopic (exact) mass is 443 g/mol. The molecule has 2 rings (SSSR count). The van der Waals surface area contributed by atoms with Gasteiger partial charge in [-0.15, -0.1) is 0 Å². The van der Waals surface area contributed by atoms with Crippen LogP contribution in [0.15, 0.2) is 48.5 Å². The molecule has 0 fully saturated rings. The Kier molecular flexibility index (Phi) is 10.5. The van der Waals surface area contributed by atoms with Gasteiger partial charge in [0.05, 0.1) is 6.61 Å². The molecule has 0 radical (unpaired) electrons. The minimum absolute atomic E-state index is 0.139. The van der Waals surface area contributed by atoms with Gasteiger partial charge in [-0.05, 0) is 61.5 Å². The number of ether oxygens (including phenoxy) is 2. The molecule has 0 heterocycles. The lowest BCUT2D eigenvalue weighted by atomic mass is 10.2. The molecule has 8 heteroatoms. The Labute approximate surface area is 188 Å². The van der Waals surface area contributed by atoms with Crippen LogP contribution in [0, 0.1) is 0 Å². The van der Waals surface area contributed by atoms with Gasteiger partial charge in [-0.2, -0.15) is 0 Å². The minimum atomic E-state index is -0.342. The zero-order valence-electron chi connectivity index (χ0n) is 17.9. The predicted molar refractivity (Wildman–Crippen MR) is 126 cm³/mol. The molecule has 3 N–H and O–H groups in total.